The molecule has 1 unspecified atom stereocenters. The number of hydrogen-bond donors (Lipinski definition) is 2. The predicted octanol–water partition coefficient (Wildman–Crippen LogP) is 2.37. The number of hydrogen-bond acceptors (Lipinski definition) is 3. The lowest BCUT2D eigenvalue weighted by molar-refractivity contribution is -0.128. The highest BCUT2D eigenvalue weighted by Gasteiger charge is 2.34. The number of aromatic carboxylic acids is 1. The van der Waals surface area contributed by atoms with Crippen molar-refractivity contribution >= 4 is 23.5 Å². The topological polar surface area (TPSA) is 86.7 Å². The van der Waals surface area contributed by atoms with E-state index in [0.29, 0.717) is 13.1 Å². The van der Waals surface area contributed by atoms with Gasteiger partial charge in [-0.2, -0.15) is 0 Å². The van der Waals surface area contributed by atoms with Gasteiger partial charge in [-0.15, -0.1) is 0 Å². The maximum absolute atomic E-state index is 12.5. The summed E-state index contributed by atoms with van der Waals surface area (Å²) >= 11 is 0. The van der Waals surface area contributed by atoms with Gasteiger partial charge in [0.1, 0.15) is 0 Å². The number of anilines is 1. The average Bonchev–Trinajstić information content (AvgIpc) is 2.97. The van der Waals surface area contributed by atoms with Gasteiger partial charge in [0.2, 0.25) is 11.8 Å². The second-order valence-corrected chi connectivity index (χ2v) is 6.00. The number of amides is 2. The molecule has 3 rings (SSSR count). The Morgan fingerprint density at radius 2 is 1.76 bits per heavy atom. The highest BCUT2D eigenvalue weighted by molar-refractivity contribution is 6.02. The summed E-state index contributed by atoms with van der Waals surface area (Å²) in [7, 11) is 0. The molecule has 1 atom stereocenters. The van der Waals surface area contributed by atoms with Crippen LogP contribution >= 0.6 is 0 Å². The molecule has 25 heavy (non-hydrogen) atoms. The van der Waals surface area contributed by atoms with Gasteiger partial charge >= 0.3 is 5.97 Å². The molecule has 0 bridgehead atoms. The van der Waals surface area contributed by atoms with Gasteiger partial charge in [-0.25, -0.2) is 4.79 Å². The van der Waals surface area contributed by atoms with Gasteiger partial charge in [-0.05, 0) is 17.7 Å². The summed E-state index contributed by atoms with van der Waals surface area (Å²) in [6, 6.07) is 15.8. The smallest absolute Gasteiger partial charge is 0.337 e. The molecule has 0 radical (unpaired) electrons. The molecule has 128 valence electrons. The van der Waals surface area contributed by atoms with E-state index in [9.17, 15) is 19.5 Å². The molecular formula is C19H18N2O4. The van der Waals surface area contributed by atoms with Crippen LogP contribution in [0.3, 0.4) is 0 Å². The fourth-order valence-corrected chi connectivity index (χ4v) is 2.92. The van der Waals surface area contributed by atoms with Crippen molar-refractivity contribution in [2.75, 3.05) is 11.9 Å². The lowest BCUT2D eigenvalue weighted by Gasteiger charge is -2.17. The number of para-hydroxylation sites is 1. The summed E-state index contributed by atoms with van der Waals surface area (Å²) in [5.41, 5.74) is 1.28. The highest BCUT2D eigenvalue weighted by Crippen LogP contribution is 2.23. The number of rotatable bonds is 5. The standard InChI is InChI=1S/C19H18N2O4/c22-17-10-14(12-21(17)11-13-6-2-1-3-7-13)18(23)20-16-9-5-4-8-15(16)19(24)25/h1-9,14H,10-12H2,(H,20,23)(H,24,25). The summed E-state index contributed by atoms with van der Waals surface area (Å²) in [4.78, 5) is 37.5. The molecule has 0 aromatic heterocycles. The van der Waals surface area contributed by atoms with Crippen molar-refractivity contribution in [2.45, 2.75) is 13.0 Å². The minimum atomic E-state index is -1.11. The summed E-state index contributed by atoms with van der Waals surface area (Å²) < 4.78 is 0. The Balaban J connectivity index is 1.66. The molecule has 0 aliphatic carbocycles. The third-order valence-electron chi connectivity index (χ3n) is 4.22. The van der Waals surface area contributed by atoms with E-state index < -0.39 is 11.9 Å². The third-order valence-corrected chi connectivity index (χ3v) is 4.22. The normalized spacial score (nSPS) is 16.7. The maximum Gasteiger partial charge on any atom is 0.337 e. The Labute approximate surface area is 145 Å². The molecule has 2 aromatic rings. The Hall–Kier alpha value is -3.15. The molecule has 2 amide bonds. The van der Waals surface area contributed by atoms with E-state index in [0.717, 1.165) is 5.56 Å². The minimum absolute atomic E-state index is 0.0290. The summed E-state index contributed by atoms with van der Waals surface area (Å²) in [6.07, 6.45) is 0.133. The van der Waals surface area contributed by atoms with Crippen molar-refractivity contribution in [1.82, 2.24) is 4.90 Å². The van der Waals surface area contributed by atoms with Crippen molar-refractivity contribution in [3.63, 3.8) is 0 Å². The Kier molecular flexibility index (Phi) is 4.79. The largest absolute Gasteiger partial charge is 0.478 e. The van der Waals surface area contributed by atoms with Crippen LogP contribution in [0.15, 0.2) is 54.6 Å². The molecule has 0 saturated carbocycles. The molecule has 6 nitrogen and oxygen atoms in total. The fourth-order valence-electron chi connectivity index (χ4n) is 2.92. The molecule has 1 fully saturated rings. The maximum atomic E-state index is 12.5. The lowest BCUT2D eigenvalue weighted by atomic mass is 10.1. The predicted molar refractivity (Wildman–Crippen MR) is 92.0 cm³/mol. The van der Waals surface area contributed by atoms with E-state index >= 15 is 0 Å². The van der Waals surface area contributed by atoms with Crippen LogP contribution < -0.4 is 5.32 Å². The van der Waals surface area contributed by atoms with Gasteiger partial charge in [0.25, 0.3) is 0 Å². The van der Waals surface area contributed by atoms with Gasteiger partial charge in [0.05, 0.1) is 17.2 Å². The van der Waals surface area contributed by atoms with Gasteiger partial charge in [0, 0.05) is 19.5 Å². The highest BCUT2D eigenvalue weighted by atomic mass is 16.4. The van der Waals surface area contributed by atoms with Gasteiger partial charge in [-0.1, -0.05) is 42.5 Å². The van der Waals surface area contributed by atoms with Gasteiger partial charge in [-0.3, -0.25) is 9.59 Å². The number of carbonyl (C=O) groups excluding carboxylic acids is 2. The Morgan fingerprint density at radius 3 is 2.48 bits per heavy atom. The first-order valence-corrected chi connectivity index (χ1v) is 7.99. The quantitative estimate of drug-likeness (QED) is 0.876. The monoisotopic (exact) mass is 338 g/mol. The molecule has 2 aromatic carbocycles. The lowest BCUT2D eigenvalue weighted by Crippen LogP contribution is -2.28. The molecule has 1 heterocycles. The van der Waals surface area contributed by atoms with Crippen LogP contribution in [0.25, 0.3) is 0 Å². The first-order chi connectivity index (χ1) is 12.0. The number of carboxylic acids is 1. The van der Waals surface area contributed by atoms with Crippen molar-refractivity contribution in [1.29, 1.82) is 0 Å². The molecule has 6 heteroatoms. The van der Waals surface area contributed by atoms with Gasteiger partial charge in [0.15, 0.2) is 0 Å². The van der Waals surface area contributed by atoms with Crippen LogP contribution in [0.1, 0.15) is 22.3 Å². The zero-order valence-electron chi connectivity index (χ0n) is 13.5. The molecule has 1 saturated heterocycles. The summed E-state index contributed by atoms with van der Waals surface area (Å²) in [5.74, 6) is -2.00. The molecule has 2 N–H and O–H groups in total. The summed E-state index contributed by atoms with van der Waals surface area (Å²) in [6.45, 7) is 0.796. The van der Waals surface area contributed by atoms with E-state index in [4.69, 9.17) is 0 Å². The van der Waals surface area contributed by atoms with Crippen molar-refractivity contribution in [3.05, 3.63) is 65.7 Å². The van der Waals surface area contributed by atoms with Crippen molar-refractivity contribution in [2.24, 2.45) is 5.92 Å². The van der Waals surface area contributed by atoms with E-state index in [2.05, 4.69) is 5.32 Å². The van der Waals surface area contributed by atoms with E-state index in [1.54, 1.807) is 23.1 Å². The zero-order valence-corrected chi connectivity index (χ0v) is 13.5. The zero-order chi connectivity index (χ0) is 17.8. The van der Waals surface area contributed by atoms with Gasteiger partial charge < -0.3 is 15.3 Å². The molecule has 1 aliphatic rings. The molecule has 1 aliphatic heterocycles. The third kappa shape index (κ3) is 3.85. The molecular weight excluding hydrogens is 320 g/mol. The average molecular weight is 338 g/mol. The van der Waals surface area contributed by atoms with Crippen LogP contribution in [0.2, 0.25) is 0 Å². The number of likely N-dealkylation sites (tertiary alicyclic amines) is 1. The SMILES string of the molecule is O=C(O)c1ccccc1NC(=O)C1CC(=O)N(Cc2ccccc2)C1. The van der Waals surface area contributed by atoms with Crippen LogP contribution in [0.5, 0.6) is 0 Å². The molecule has 0 spiro atoms. The van der Waals surface area contributed by atoms with Crippen LogP contribution in [-0.4, -0.2) is 34.3 Å². The summed E-state index contributed by atoms with van der Waals surface area (Å²) in [5, 5.41) is 11.8. The van der Waals surface area contributed by atoms with Crippen molar-refractivity contribution in [3.8, 4) is 0 Å². The number of nitrogens with one attached hydrogen (secondary N) is 1. The van der Waals surface area contributed by atoms with Crippen LogP contribution in [0, 0.1) is 5.92 Å². The number of benzene rings is 2. The number of carboxylic acid groups (broad SMARTS) is 1. The van der Waals surface area contributed by atoms with Crippen LogP contribution in [0.4, 0.5) is 5.69 Å². The Morgan fingerprint density at radius 1 is 1.08 bits per heavy atom. The number of nitrogens with zero attached hydrogens (tertiary/aromatic N) is 1. The van der Waals surface area contributed by atoms with Crippen LogP contribution in [-0.2, 0) is 16.1 Å². The Bertz CT molecular complexity index is 804. The van der Waals surface area contributed by atoms with Crippen molar-refractivity contribution < 1.29 is 19.5 Å². The van der Waals surface area contributed by atoms with E-state index in [-0.39, 0.29) is 29.5 Å². The fraction of sp³-hybridized carbons (Fsp3) is 0.211. The first kappa shape index (κ1) is 16.7. The first-order valence-electron chi connectivity index (χ1n) is 7.99. The van der Waals surface area contributed by atoms with E-state index in [1.807, 2.05) is 30.3 Å². The number of carbonyl (C=O) groups is 3. The minimum Gasteiger partial charge on any atom is -0.478 e. The second kappa shape index (κ2) is 7.17. The van der Waals surface area contributed by atoms with E-state index in [1.165, 1.54) is 6.07 Å². The second-order valence-electron chi connectivity index (χ2n) is 6.00.